The highest BCUT2D eigenvalue weighted by atomic mass is 19.1. The Balaban J connectivity index is 1.29. The van der Waals surface area contributed by atoms with Crippen molar-refractivity contribution in [1.29, 1.82) is 0 Å². The van der Waals surface area contributed by atoms with Crippen molar-refractivity contribution < 1.29 is 9.18 Å². The number of carbonyl (C=O) groups excluding carboxylic acids is 1. The summed E-state index contributed by atoms with van der Waals surface area (Å²) in [6.07, 6.45) is 3.15. The quantitative estimate of drug-likeness (QED) is 0.784. The number of benzene rings is 2. The first-order valence-corrected chi connectivity index (χ1v) is 9.71. The average Bonchev–Trinajstić information content (AvgIpc) is 2.72. The summed E-state index contributed by atoms with van der Waals surface area (Å²) in [6.45, 7) is 4.39. The van der Waals surface area contributed by atoms with E-state index in [1.807, 2.05) is 42.5 Å². The van der Waals surface area contributed by atoms with Crippen molar-refractivity contribution in [3.05, 3.63) is 71.5 Å². The zero-order valence-electron chi connectivity index (χ0n) is 15.7. The fraction of sp³-hybridized carbons (Fsp3) is 0.409. The van der Waals surface area contributed by atoms with E-state index in [2.05, 4.69) is 15.5 Å². The maximum Gasteiger partial charge on any atom is 0.315 e. The van der Waals surface area contributed by atoms with Crippen molar-refractivity contribution in [3.8, 4) is 0 Å². The van der Waals surface area contributed by atoms with Gasteiger partial charge in [-0.3, -0.25) is 0 Å². The van der Waals surface area contributed by atoms with E-state index in [0.29, 0.717) is 12.5 Å². The molecule has 0 bridgehead atoms. The van der Waals surface area contributed by atoms with Crippen LogP contribution in [0.4, 0.5) is 9.18 Å². The highest BCUT2D eigenvalue weighted by molar-refractivity contribution is 5.73. The first-order chi connectivity index (χ1) is 13.2. The molecule has 2 amide bonds. The molecule has 3 rings (SSSR count). The van der Waals surface area contributed by atoms with E-state index in [0.717, 1.165) is 51.0 Å². The Bertz CT molecular complexity index is 697. The lowest BCUT2D eigenvalue weighted by atomic mass is 9.96. The minimum Gasteiger partial charge on any atom is -0.338 e. The van der Waals surface area contributed by atoms with E-state index >= 15 is 0 Å². The van der Waals surface area contributed by atoms with Gasteiger partial charge in [0.25, 0.3) is 0 Å². The molecule has 0 spiro atoms. The van der Waals surface area contributed by atoms with Crippen LogP contribution in [-0.2, 0) is 13.0 Å². The minimum absolute atomic E-state index is 0.0995. The molecule has 0 saturated carbocycles. The lowest BCUT2D eigenvalue weighted by molar-refractivity contribution is 0.183. The number of amides is 2. The van der Waals surface area contributed by atoms with Gasteiger partial charge < -0.3 is 15.5 Å². The fourth-order valence-corrected chi connectivity index (χ4v) is 3.43. The monoisotopic (exact) mass is 369 g/mol. The van der Waals surface area contributed by atoms with Crippen molar-refractivity contribution in [2.45, 2.75) is 25.8 Å². The Morgan fingerprint density at radius 2 is 1.67 bits per heavy atom. The number of hydrogen-bond acceptors (Lipinski definition) is 2. The van der Waals surface area contributed by atoms with E-state index < -0.39 is 0 Å². The zero-order chi connectivity index (χ0) is 18.9. The summed E-state index contributed by atoms with van der Waals surface area (Å²) in [4.78, 5) is 14.4. The van der Waals surface area contributed by atoms with Crippen LogP contribution in [0, 0.1) is 11.7 Å². The summed E-state index contributed by atoms with van der Waals surface area (Å²) in [5.74, 6) is 0.356. The molecule has 5 heteroatoms. The number of likely N-dealkylation sites (tertiary alicyclic amines) is 1. The molecule has 0 atom stereocenters. The molecule has 1 aliphatic rings. The van der Waals surface area contributed by atoms with Gasteiger partial charge in [-0.25, -0.2) is 9.18 Å². The molecular formula is C22H28FN3O. The van der Waals surface area contributed by atoms with E-state index in [1.165, 1.54) is 17.7 Å². The van der Waals surface area contributed by atoms with Crippen LogP contribution in [0.1, 0.15) is 24.0 Å². The van der Waals surface area contributed by atoms with Crippen LogP contribution in [-0.4, -0.2) is 37.1 Å². The van der Waals surface area contributed by atoms with Crippen LogP contribution in [0.3, 0.4) is 0 Å². The summed E-state index contributed by atoms with van der Waals surface area (Å²) in [7, 11) is 0. The van der Waals surface area contributed by atoms with Gasteiger partial charge in [0.2, 0.25) is 0 Å². The van der Waals surface area contributed by atoms with Crippen molar-refractivity contribution in [2.75, 3.05) is 26.2 Å². The number of nitrogens with zero attached hydrogens (tertiary/aromatic N) is 1. The van der Waals surface area contributed by atoms with Crippen LogP contribution >= 0.6 is 0 Å². The minimum atomic E-state index is -0.181. The van der Waals surface area contributed by atoms with Crippen LogP contribution in [0.5, 0.6) is 0 Å². The summed E-state index contributed by atoms with van der Waals surface area (Å²) < 4.78 is 12.9. The van der Waals surface area contributed by atoms with Gasteiger partial charge in [-0.2, -0.15) is 0 Å². The first kappa shape index (κ1) is 19.4. The number of hydrogen-bond donors (Lipinski definition) is 2. The standard InChI is InChI=1S/C22H28FN3O/c23-21-8-6-18(7-9-21)10-13-26-14-11-20(12-15-26)17-25-22(27)24-16-19-4-2-1-3-5-19/h1-9,20H,10-17H2,(H2,24,25,27). The molecule has 2 N–H and O–H groups in total. The van der Waals surface area contributed by atoms with Crippen LogP contribution in [0.2, 0.25) is 0 Å². The highest BCUT2D eigenvalue weighted by Gasteiger charge is 2.19. The molecule has 2 aromatic carbocycles. The number of urea groups is 1. The van der Waals surface area contributed by atoms with E-state index in [-0.39, 0.29) is 11.8 Å². The average molecular weight is 369 g/mol. The molecule has 1 saturated heterocycles. The van der Waals surface area contributed by atoms with Crippen LogP contribution in [0.25, 0.3) is 0 Å². The molecule has 1 heterocycles. The Morgan fingerprint density at radius 3 is 2.37 bits per heavy atom. The topological polar surface area (TPSA) is 44.4 Å². The molecular weight excluding hydrogens is 341 g/mol. The summed E-state index contributed by atoms with van der Waals surface area (Å²) in [5.41, 5.74) is 2.28. The number of carbonyl (C=O) groups is 1. The molecule has 1 aliphatic heterocycles. The second-order valence-electron chi connectivity index (χ2n) is 7.21. The number of halogens is 1. The van der Waals surface area contributed by atoms with Gasteiger partial charge in [0.1, 0.15) is 5.82 Å². The largest absolute Gasteiger partial charge is 0.338 e. The number of nitrogens with one attached hydrogen (secondary N) is 2. The van der Waals surface area contributed by atoms with Gasteiger partial charge in [-0.05, 0) is 61.5 Å². The summed E-state index contributed by atoms with van der Waals surface area (Å²) in [5, 5.41) is 5.90. The van der Waals surface area contributed by atoms with E-state index in [1.54, 1.807) is 0 Å². The van der Waals surface area contributed by atoms with Gasteiger partial charge in [-0.15, -0.1) is 0 Å². The smallest absolute Gasteiger partial charge is 0.315 e. The zero-order valence-corrected chi connectivity index (χ0v) is 15.7. The van der Waals surface area contributed by atoms with Gasteiger partial charge >= 0.3 is 6.03 Å². The highest BCUT2D eigenvalue weighted by Crippen LogP contribution is 2.17. The maximum absolute atomic E-state index is 12.9. The molecule has 0 unspecified atom stereocenters. The predicted molar refractivity (Wildman–Crippen MR) is 106 cm³/mol. The summed E-state index contributed by atoms with van der Waals surface area (Å²) in [6, 6.07) is 16.6. The molecule has 144 valence electrons. The molecule has 0 aliphatic carbocycles. The van der Waals surface area contributed by atoms with Crippen LogP contribution < -0.4 is 10.6 Å². The lowest BCUT2D eigenvalue weighted by Crippen LogP contribution is -2.42. The van der Waals surface area contributed by atoms with E-state index in [9.17, 15) is 9.18 Å². The van der Waals surface area contributed by atoms with Crippen molar-refractivity contribution >= 4 is 6.03 Å². The third kappa shape index (κ3) is 6.68. The molecule has 0 radical (unpaired) electrons. The normalized spacial score (nSPS) is 15.4. The predicted octanol–water partition coefficient (Wildman–Crippen LogP) is 3.58. The second kappa shape index (κ2) is 10.1. The Morgan fingerprint density at radius 1 is 0.963 bits per heavy atom. The van der Waals surface area contributed by atoms with E-state index in [4.69, 9.17) is 0 Å². The van der Waals surface area contributed by atoms with Crippen molar-refractivity contribution in [2.24, 2.45) is 5.92 Å². The Hall–Kier alpha value is -2.40. The molecule has 4 nitrogen and oxygen atoms in total. The third-order valence-electron chi connectivity index (χ3n) is 5.18. The van der Waals surface area contributed by atoms with Gasteiger partial charge in [0, 0.05) is 19.6 Å². The van der Waals surface area contributed by atoms with Crippen molar-refractivity contribution in [3.63, 3.8) is 0 Å². The molecule has 27 heavy (non-hydrogen) atoms. The van der Waals surface area contributed by atoms with Crippen LogP contribution in [0.15, 0.2) is 54.6 Å². The summed E-state index contributed by atoms with van der Waals surface area (Å²) >= 11 is 0. The second-order valence-corrected chi connectivity index (χ2v) is 7.21. The SMILES string of the molecule is O=C(NCc1ccccc1)NCC1CCN(CCc2ccc(F)cc2)CC1. The van der Waals surface area contributed by atoms with Crippen molar-refractivity contribution in [1.82, 2.24) is 15.5 Å². The Kier molecular flexibility index (Phi) is 7.22. The molecule has 2 aromatic rings. The van der Waals surface area contributed by atoms with Gasteiger partial charge in [0.15, 0.2) is 0 Å². The maximum atomic E-state index is 12.9. The number of piperidine rings is 1. The van der Waals surface area contributed by atoms with Gasteiger partial charge in [0.05, 0.1) is 0 Å². The Labute approximate surface area is 160 Å². The molecule has 0 aromatic heterocycles. The fourth-order valence-electron chi connectivity index (χ4n) is 3.43. The van der Waals surface area contributed by atoms with Gasteiger partial charge in [-0.1, -0.05) is 42.5 Å². The number of rotatable bonds is 7. The molecule has 1 fully saturated rings. The third-order valence-corrected chi connectivity index (χ3v) is 5.18. The first-order valence-electron chi connectivity index (χ1n) is 9.71. The lowest BCUT2D eigenvalue weighted by Gasteiger charge is -2.32.